The lowest BCUT2D eigenvalue weighted by atomic mass is 9.87. The third-order valence-electron chi connectivity index (χ3n) is 7.72. The SMILES string of the molecule is CCC(=O)[C@H](NC(=O)c1cccc([C@@H]2CCCN(C(=O)CNCc3ccc(F)cc3F)C2)c1)C1CCOCC1. The summed E-state index contributed by atoms with van der Waals surface area (Å²) in [6.45, 7) is 4.34. The predicted octanol–water partition coefficient (Wildman–Crippen LogP) is 3.96. The van der Waals surface area contributed by atoms with Crippen LogP contribution in [-0.4, -0.2) is 61.4 Å². The van der Waals surface area contributed by atoms with Crippen molar-refractivity contribution in [3.05, 3.63) is 70.8 Å². The highest BCUT2D eigenvalue weighted by atomic mass is 19.1. The van der Waals surface area contributed by atoms with E-state index < -0.39 is 17.7 Å². The molecule has 0 bridgehead atoms. The summed E-state index contributed by atoms with van der Waals surface area (Å²) in [4.78, 5) is 40.5. The predicted molar refractivity (Wildman–Crippen MR) is 143 cm³/mol. The highest BCUT2D eigenvalue weighted by molar-refractivity contribution is 5.98. The van der Waals surface area contributed by atoms with Gasteiger partial charge in [0.05, 0.1) is 12.6 Å². The summed E-state index contributed by atoms with van der Waals surface area (Å²) in [6.07, 6.45) is 3.58. The first kappa shape index (κ1) is 28.8. The van der Waals surface area contributed by atoms with E-state index in [-0.39, 0.29) is 42.5 Å². The van der Waals surface area contributed by atoms with Gasteiger partial charge in [0, 0.05) is 62.4 Å². The van der Waals surface area contributed by atoms with Crippen molar-refractivity contribution in [3.8, 4) is 0 Å². The van der Waals surface area contributed by atoms with Gasteiger partial charge in [-0.3, -0.25) is 14.4 Å². The van der Waals surface area contributed by atoms with Crippen molar-refractivity contribution < 1.29 is 27.9 Å². The van der Waals surface area contributed by atoms with Crippen LogP contribution in [0.1, 0.15) is 66.4 Å². The van der Waals surface area contributed by atoms with Crippen LogP contribution in [0.5, 0.6) is 0 Å². The second-order valence-corrected chi connectivity index (χ2v) is 10.4. The molecule has 2 aliphatic rings. The Morgan fingerprint density at radius 2 is 1.87 bits per heavy atom. The molecule has 4 rings (SSSR count). The van der Waals surface area contributed by atoms with E-state index in [0.29, 0.717) is 43.9 Å². The van der Waals surface area contributed by atoms with Gasteiger partial charge in [-0.05, 0) is 55.4 Å². The Bertz CT molecular complexity index is 1170. The van der Waals surface area contributed by atoms with Crippen LogP contribution < -0.4 is 10.6 Å². The number of carbonyl (C=O) groups is 3. The van der Waals surface area contributed by atoms with Gasteiger partial charge < -0.3 is 20.3 Å². The zero-order valence-corrected chi connectivity index (χ0v) is 22.4. The van der Waals surface area contributed by atoms with E-state index in [4.69, 9.17) is 4.74 Å². The highest BCUT2D eigenvalue weighted by Crippen LogP contribution is 2.28. The summed E-state index contributed by atoms with van der Waals surface area (Å²) in [5.74, 6) is -1.46. The third kappa shape index (κ3) is 7.70. The quantitative estimate of drug-likeness (QED) is 0.476. The number of piperidine rings is 1. The topological polar surface area (TPSA) is 87.7 Å². The van der Waals surface area contributed by atoms with E-state index in [2.05, 4.69) is 10.6 Å². The Balaban J connectivity index is 1.35. The fourth-order valence-electron chi connectivity index (χ4n) is 5.45. The summed E-state index contributed by atoms with van der Waals surface area (Å²) in [5.41, 5.74) is 1.78. The number of nitrogens with one attached hydrogen (secondary N) is 2. The number of ether oxygens (including phenoxy) is 1. The van der Waals surface area contributed by atoms with Crippen LogP contribution in [0.15, 0.2) is 42.5 Å². The minimum atomic E-state index is -0.643. The molecule has 0 unspecified atom stereocenters. The van der Waals surface area contributed by atoms with Gasteiger partial charge in [-0.1, -0.05) is 25.1 Å². The van der Waals surface area contributed by atoms with Gasteiger partial charge in [-0.25, -0.2) is 8.78 Å². The first-order valence-electron chi connectivity index (χ1n) is 13.8. The highest BCUT2D eigenvalue weighted by Gasteiger charge is 2.31. The number of Topliss-reactive ketones (excluding diaryl/α,β-unsaturated/α-hetero) is 1. The molecule has 210 valence electrons. The summed E-state index contributed by atoms with van der Waals surface area (Å²) < 4.78 is 32.4. The molecule has 0 radical (unpaired) electrons. The van der Waals surface area contributed by atoms with Crippen molar-refractivity contribution >= 4 is 17.6 Å². The number of nitrogens with zero attached hydrogens (tertiary/aromatic N) is 1. The molecule has 39 heavy (non-hydrogen) atoms. The average molecular weight is 542 g/mol. The Labute approximate surface area is 228 Å². The lowest BCUT2D eigenvalue weighted by molar-refractivity contribution is -0.131. The number of likely N-dealkylation sites (tertiary alicyclic amines) is 1. The fraction of sp³-hybridized carbons (Fsp3) is 0.500. The maximum absolute atomic E-state index is 13.9. The summed E-state index contributed by atoms with van der Waals surface area (Å²) in [7, 11) is 0. The Kier molecular flexibility index (Phi) is 10.2. The number of rotatable bonds is 10. The molecule has 9 heteroatoms. The smallest absolute Gasteiger partial charge is 0.251 e. The first-order chi connectivity index (χ1) is 18.9. The molecule has 2 heterocycles. The zero-order chi connectivity index (χ0) is 27.8. The first-order valence-corrected chi connectivity index (χ1v) is 13.8. The van der Waals surface area contributed by atoms with Crippen molar-refractivity contribution in [3.63, 3.8) is 0 Å². The number of benzene rings is 2. The summed E-state index contributed by atoms with van der Waals surface area (Å²) >= 11 is 0. The van der Waals surface area contributed by atoms with Crippen LogP contribution >= 0.6 is 0 Å². The van der Waals surface area contributed by atoms with E-state index >= 15 is 0 Å². The third-order valence-corrected chi connectivity index (χ3v) is 7.72. The van der Waals surface area contributed by atoms with E-state index in [1.54, 1.807) is 11.0 Å². The number of halogens is 2. The number of ketones is 1. The molecule has 2 atom stereocenters. The number of carbonyl (C=O) groups excluding carboxylic acids is 3. The summed E-state index contributed by atoms with van der Waals surface area (Å²) in [6, 6.07) is 10.3. The molecule has 2 fully saturated rings. The molecule has 0 saturated carbocycles. The molecule has 2 aromatic rings. The second-order valence-electron chi connectivity index (χ2n) is 10.4. The molecular formula is C30H37F2N3O4. The zero-order valence-electron chi connectivity index (χ0n) is 22.4. The molecule has 2 aromatic carbocycles. The largest absolute Gasteiger partial charge is 0.381 e. The molecule has 0 spiro atoms. The van der Waals surface area contributed by atoms with Gasteiger partial charge in [-0.15, -0.1) is 0 Å². The Hall–Kier alpha value is -3.17. The fourth-order valence-corrected chi connectivity index (χ4v) is 5.45. The molecular weight excluding hydrogens is 504 g/mol. The van der Waals surface area contributed by atoms with Crippen molar-refractivity contribution in [2.45, 2.75) is 57.5 Å². The minimum absolute atomic E-state index is 0.0311. The normalized spacial score (nSPS) is 18.9. The maximum Gasteiger partial charge on any atom is 0.251 e. The second kappa shape index (κ2) is 13.8. The van der Waals surface area contributed by atoms with Gasteiger partial charge >= 0.3 is 0 Å². The Morgan fingerprint density at radius 3 is 2.62 bits per heavy atom. The van der Waals surface area contributed by atoms with E-state index in [0.717, 1.165) is 37.3 Å². The number of hydrogen-bond donors (Lipinski definition) is 2. The Morgan fingerprint density at radius 1 is 1.08 bits per heavy atom. The lowest BCUT2D eigenvalue weighted by Gasteiger charge is -2.33. The van der Waals surface area contributed by atoms with Crippen molar-refractivity contribution in [1.82, 2.24) is 15.5 Å². The van der Waals surface area contributed by atoms with Gasteiger partial charge in [0.2, 0.25) is 5.91 Å². The van der Waals surface area contributed by atoms with E-state index in [1.807, 2.05) is 25.1 Å². The van der Waals surface area contributed by atoms with Gasteiger partial charge in [0.1, 0.15) is 11.6 Å². The number of hydrogen-bond acceptors (Lipinski definition) is 5. The van der Waals surface area contributed by atoms with Crippen molar-refractivity contribution in [2.24, 2.45) is 5.92 Å². The average Bonchev–Trinajstić information content (AvgIpc) is 2.97. The molecule has 2 aliphatic heterocycles. The van der Waals surface area contributed by atoms with E-state index in [9.17, 15) is 23.2 Å². The van der Waals surface area contributed by atoms with Gasteiger partial charge in [-0.2, -0.15) is 0 Å². The standard InChI is InChI=1S/C30H37F2N3O4/c1-2-27(36)29(20-10-13-39-14-11-20)34-30(38)22-6-3-5-21(15-22)24-7-4-12-35(19-24)28(37)18-33-17-23-8-9-25(31)16-26(23)32/h3,5-6,8-9,15-16,20,24,29,33H,2,4,7,10-14,17-19H2,1H3,(H,34,38)/t24-,29-/m1/s1. The van der Waals surface area contributed by atoms with Gasteiger partial charge in [0.15, 0.2) is 5.78 Å². The molecule has 7 nitrogen and oxygen atoms in total. The van der Waals surface area contributed by atoms with Gasteiger partial charge in [0.25, 0.3) is 5.91 Å². The van der Waals surface area contributed by atoms with Crippen LogP contribution in [-0.2, 0) is 20.9 Å². The lowest BCUT2D eigenvalue weighted by Crippen LogP contribution is -2.47. The molecule has 2 amide bonds. The molecule has 2 N–H and O–H groups in total. The van der Waals surface area contributed by atoms with Crippen molar-refractivity contribution in [2.75, 3.05) is 32.8 Å². The van der Waals surface area contributed by atoms with Crippen LogP contribution in [0.4, 0.5) is 8.78 Å². The van der Waals surface area contributed by atoms with Crippen LogP contribution in [0.25, 0.3) is 0 Å². The molecule has 2 saturated heterocycles. The maximum atomic E-state index is 13.9. The van der Waals surface area contributed by atoms with Crippen LogP contribution in [0.3, 0.4) is 0 Å². The van der Waals surface area contributed by atoms with Crippen molar-refractivity contribution in [1.29, 1.82) is 0 Å². The monoisotopic (exact) mass is 541 g/mol. The van der Waals surface area contributed by atoms with Crippen LogP contribution in [0, 0.1) is 17.6 Å². The van der Waals surface area contributed by atoms with Crippen LogP contribution in [0.2, 0.25) is 0 Å². The number of amides is 2. The summed E-state index contributed by atoms with van der Waals surface area (Å²) in [5, 5.41) is 5.94. The molecule has 0 aromatic heterocycles. The van der Waals surface area contributed by atoms with E-state index in [1.165, 1.54) is 12.1 Å². The minimum Gasteiger partial charge on any atom is -0.381 e. The molecule has 0 aliphatic carbocycles.